The second-order valence-corrected chi connectivity index (χ2v) is 6.86. The lowest BCUT2D eigenvalue weighted by molar-refractivity contribution is 0.0784. The molecule has 0 radical (unpaired) electrons. The minimum absolute atomic E-state index is 0.166. The molecule has 0 unspecified atom stereocenters. The Morgan fingerprint density at radius 3 is 2.50 bits per heavy atom. The Labute approximate surface area is 158 Å². The van der Waals surface area contributed by atoms with Crippen LogP contribution >= 0.6 is 15.9 Å². The summed E-state index contributed by atoms with van der Waals surface area (Å²) in [6.45, 7) is 1.98. The molecule has 0 spiro atoms. The van der Waals surface area contributed by atoms with Crippen LogP contribution in [0, 0.1) is 18.6 Å². The fourth-order valence-electron chi connectivity index (χ4n) is 2.65. The Hall–Kier alpha value is -2.54. The average Bonchev–Trinajstić information content (AvgIpc) is 2.99. The van der Waals surface area contributed by atoms with E-state index in [1.165, 1.54) is 17.2 Å². The monoisotopic (exact) mass is 419 g/mol. The predicted molar refractivity (Wildman–Crippen MR) is 98.2 cm³/mol. The summed E-state index contributed by atoms with van der Waals surface area (Å²) < 4.78 is 29.0. The van der Waals surface area contributed by atoms with Gasteiger partial charge in [0.05, 0.1) is 23.1 Å². The first-order chi connectivity index (χ1) is 12.4. The molecule has 4 nitrogen and oxygen atoms in total. The van der Waals surface area contributed by atoms with E-state index in [0.717, 1.165) is 22.3 Å². The highest BCUT2D eigenvalue weighted by Crippen LogP contribution is 2.19. The molecule has 1 amide bonds. The molecule has 7 heteroatoms. The van der Waals surface area contributed by atoms with Gasteiger partial charge in [0.1, 0.15) is 0 Å². The van der Waals surface area contributed by atoms with E-state index < -0.39 is 11.6 Å². The molecule has 0 atom stereocenters. The molecule has 1 aromatic heterocycles. The van der Waals surface area contributed by atoms with Crippen LogP contribution in [0.2, 0.25) is 0 Å². The van der Waals surface area contributed by atoms with E-state index in [4.69, 9.17) is 0 Å². The number of carbonyl (C=O) groups excluding carboxylic acids is 1. The summed E-state index contributed by atoms with van der Waals surface area (Å²) >= 11 is 3.38. The summed E-state index contributed by atoms with van der Waals surface area (Å²) in [7, 11) is 1.61. The Morgan fingerprint density at radius 1 is 1.15 bits per heavy atom. The summed E-state index contributed by atoms with van der Waals surface area (Å²) in [5.74, 6) is -2.08. The van der Waals surface area contributed by atoms with E-state index in [2.05, 4.69) is 21.0 Å². The molecule has 0 bridgehead atoms. The highest BCUT2D eigenvalue weighted by atomic mass is 79.9. The van der Waals surface area contributed by atoms with Gasteiger partial charge in [0.2, 0.25) is 0 Å². The van der Waals surface area contributed by atoms with Gasteiger partial charge >= 0.3 is 0 Å². The van der Waals surface area contributed by atoms with Crippen molar-refractivity contribution in [3.63, 3.8) is 0 Å². The number of nitrogens with zero attached hydrogens (tertiary/aromatic N) is 3. The fraction of sp³-hybridized carbons (Fsp3) is 0.158. The summed E-state index contributed by atoms with van der Waals surface area (Å²) in [5, 5.41) is 4.30. The van der Waals surface area contributed by atoms with Crippen LogP contribution in [0.15, 0.2) is 53.1 Å². The lowest BCUT2D eigenvalue weighted by Gasteiger charge is -2.17. The highest BCUT2D eigenvalue weighted by Gasteiger charge is 2.19. The zero-order chi connectivity index (χ0) is 18.8. The largest absolute Gasteiger partial charge is 0.337 e. The lowest BCUT2D eigenvalue weighted by atomic mass is 10.1. The van der Waals surface area contributed by atoms with E-state index in [1.807, 2.05) is 31.2 Å². The molecule has 0 aliphatic heterocycles. The van der Waals surface area contributed by atoms with Gasteiger partial charge in [0.25, 0.3) is 5.91 Å². The van der Waals surface area contributed by atoms with Crippen molar-refractivity contribution in [1.82, 2.24) is 14.7 Å². The number of aromatic nitrogens is 2. The standard InChI is InChI=1S/C19H16BrF2N3O/c1-12-16(10-23-25(12)15-6-4-14(20)5-7-15)19(26)24(2)11-13-3-8-17(21)18(22)9-13/h3-10H,11H2,1-2H3. The van der Waals surface area contributed by atoms with Crippen LogP contribution in [0.1, 0.15) is 21.6 Å². The maximum absolute atomic E-state index is 13.3. The molecule has 0 saturated carbocycles. The maximum atomic E-state index is 13.3. The van der Waals surface area contributed by atoms with E-state index in [0.29, 0.717) is 16.8 Å². The molecule has 3 aromatic rings. The Morgan fingerprint density at radius 2 is 1.85 bits per heavy atom. The Bertz CT molecular complexity index is 954. The predicted octanol–water partition coefficient (Wildman–Crippen LogP) is 4.49. The van der Waals surface area contributed by atoms with Crippen molar-refractivity contribution < 1.29 is 13.6 Å². The van der Waals surface area contributed by atoms with E-state index in [-0.39, 0.29) is 12.5 Å². The van der Waals surface area contributed by atoms with Gasteiger partial charge in [-0.1, -0.05) is 22.0 Å². The van der Waals surface area contributed by atoms with Crippen molar-refractivity contribution in [2.45, 2.75) is 13.5 Å². The van der Waals surface area contributed by atoms with Gasteiger partial charge in [-0.2, -0.15) is 5.10 Å². The van der Waals surface area contributed by atoms with Gasteiger partial charge in [0, 0.05) is 18.1 Å². The Kier molecular flexibility index (Phi) is 5.18. The summed E-state index contributed by atoms with van der Waals surface area (Å²) in [4.78, 5) is 14.2. The molecule has 1 heterocycles. The fourth-order valence-corrected chi connectivity index (χ4v) is 2.92. The van der Waals surface area contributed by atoms with Crippen LogP contribution in [0.4, 0.5) is 8.78 Å². The number of carbonyl (C=O) groups is 1. The van der Waals surface area contributed by atoms with Crippen molar-refractivity contribution in [3.8, 4) is 5.69 Å². The highest BCUT2D eigenvalue weighted by molar-refractivity contribution is 9.10. The zero-order valence-electron chi connectivity index (χ0n) is 14.2. The van der Waals surface area contributed by atoms with Crippen LogP contribution in [-0.2, 0) is 6.54 Å². The average molecular weight is 420 g/mol. The van der Waals surface area contributed by atoms with Gasteiger partial charge in [-0.05, 0) is 48.9 Å². The van der Waals surface area contributed by atoms with Gasteiger partial charge in [-0.15, -0.1) is 0 Å². The first-order valence-corrected chi connectivity index (χ1v) is 8.66. The van der Waals surface area contributed by atoms with Crippen molar-refractivity contribution in [1.29, 1.82) is 0 Å². The topological polar surface area (TPSA) is 38.1 Å². The first kappa shape index (κ1) is 18.3. The summed E-state index contributed by atoms with van der Waals surface area (Å²) in [5.41, 5.74) is 2.51. The molecule has 0 N–H and O–H groups in total. The van der Waals surface area contributed by atoms with E-state index in [9.17, 15) is 13.6 Å². The molecule has 3 rings (SSSR count). The SMILES string of the molecule is Cc1c(C(=O)N(C)Cc2ccc(F)c(F)c2)cnn1-c1ccc(Br)cc1. The molecule has 134 valence electrons. The molecule has 0 fully saturated rings. The van der Waals surface area contributed by atoms with Crippen molar-refractivity contribution >= 4 is 21.8 Å². The minimum atomic E-state index is -0.928. The smallest absolute Gasteiger partial charge is 0.257 e. The second kappa shape index (κ2) is 7.37. The molecule has 0 saturated heterocycles. The summed E-state index contributed by atoms with van der Waals surface area (Å²) in [6.07, 6.45) is 1.52. The van der Waals surface area contributed by atoms with E-state index in [1.54, 1.807) is 11.7 Å². The molecule has 0 aliphatic rings. The second-order valence-electron chi connectivity index (χ2n) is 5.94. The van der Waals surface area contributed by atoms with Crippen molar-refractivity contribution in [2.24, 2.45) is 0 Å². The number of rotatable bonds is 4. The van der Waals surface area contributed by atoms with Crippen LogP contribution in [0.3, 0.4) is 0 Å². The maximum Gasteiger partial charge on any atom is 0.257 e. The first-order valence-electron chi connectivity index (χ1n) is 7.87. The van der Waals surface area contributed by atoms with Crippen LogP contribution in [0.25, 0.3) is 5.69 Å². The van der Waals surface area contributed by atoms with Crippen molar-refractivity contribution in [3.05, 3.63) is 81.6 Å². The van der Waals surface area contributed by atoms with Crippen LogP contribution < -0.4 is 0 Å². The minimum Gasteiger partial charge on any atom is -0.337 e. The van der Waals surface area contributed by atoms with Gasteiger partial charge in [-0.25, -0.2) is 13.5 Å². The van der Waals surface area contributed by atoms with Crippen molar-refractivity contribution in [2.75, 3.05) is 7.05 Å². The third-order valence-electron chi connectivity index (χ3n) is 4.06. The van der Waals surface area contributed by atoms with Crippen LogP contribution in [-0.4, -0.2) is 27.6 Å². The number of halogens is 3. The van der Waals surface area contributed by atoms with Gasteiger partial charge in [-0.3, -0.25) is 4.79 Å². The summed E-state index contributed by atoms with van der Waals surface area (Å²) in [6, 6.07) is 11.2. The number of hydrogen-bond donors (Lipinski definition) is 0. The normalized spacial score (nSPS) is 10.8. The number of hydrogen-bond acceptors (Lipinski definition) is 2. The third-order valence-corrected chi connectivity index (χ3v) is 4.59. The van der Waals surface area contributed by atoms with E-state index >= 15 is 0 Å². The number of amides is 1. The molecule has 2 aromatic carbocycles. The molecule has 0 aliphatic carbocycles. The third kappa shape index (κ3) is 3.67. The zero-order valence-corrected chi connectivity index (χ0v) is 15.8. The van der Waals surface area contributed by atoms with Crippen LogP contribution in [0.5, 0.6) is 0 Å². The molecular weight excluding hydrogens is 404 g/mol. The van der Waals surface area contributed by atoms with Gasteiger partial charge < -0.3 is 4.90 Å². The number of benzene rings is 2. The lowest BCUT2D eigenvalue weighted by Crippen LogP contribution is -2.26. The molecular formula is C19H16BrF2N3O. The Balaban J connectivity index is 1.81. The molecule has 26 heavy (non-hydrogen) atoms. The van der Waals surface area contributed by atoms with Gasteiger partial charge in [0.15, 0.2) is 11.6 Å². The quantitative estimate of drug-likeness (QED) is 0.624.